The number of carbonyl (C=O) groups excluding carboxylic acids is 1. The van der Waals surface area contributed by atoms with Gasteiger partial charge in [-0.25, -0.2) is 17.6 Å². The molecule has 2 N–H and O–H groups in total. The quantitative estimate of drug-likeness (QED) is 0.290. The Hall–Kier alpha value is -1.65. The fourth-order valence-electron chi connectivity index (χ4n) is 1.69. The summed E-state index contributed by atoms with van der Waals surface area (Å²) in [7, 11) is -4.89. The number of hydrogen-bond donors (Lipinski definition) is 2. The lowest BCUT2D eigenvalue weighted by molar-refractivity contribution is 0.0464. The molecular weight excluding hydrogens is 455 g/mol. The minimum atomic E-state index is -4.89. The van der Waals surface area contributed by atoms with Crippen molar-refractivity contribution in [2.24, 2.45) is 0 Å². The van der Waals surface area contributed by atoms with Crippen molar-refractivity contribution in [3.05, 3.63) is 39.3 Å². The van der Waals surface area contributed by atoms with Crippen LogP contribution in [0.25, 0.3) is 0 Å². The Bertz CT molecular complexity index is 877. The highest BCUT2D eigenvalue weighted by Crippen LogP contribution is 2.30. The molecule has 7 nitrogen and oxygen atoms in total. The molecule has 0 aromatic heterocycles. The number of amides is 1. The lowest BCUT2D eigenvalue weighted by atomic mass is 10.2. The van der Waals surface area contributed by atoms with Gasteiger partial charge < -0.3 is 9.84 Å². The summed E-state index contributed by atoms with van der Waals surface area (Å²) < 4.78 is 44.9. The lowest BCUT2D eigenvalue weighted by Gasteiger charge is -2.26. The van der Waals surface area contributed by atoms with Crippen LogP contribution in [-0.4, -0.2) is 35.4 Å². The van der Waals surface area contributed by atoms with E-state index in [2.05, 4.69) is 15.9 Å². The molecule has 0 aliphatic rings. The van der Waals surface area contributed by atoms with E-state index in [1.54, 1.807) is 0 Å². The molecule has 1 amide bonds. The first-order valence-corrected chi connectivity index (χ1v) is 9.66. The number of halogens is 3. The standard InChI is InChI=1S/C15H17BrClFN2O5S/c1-8(21)5-13(19)20(14(22)25-15(2,3)4)26(23,24)12-7-10(17)9(16)6-11(12)18/h5-7,19,21H,1-4H3/b8-5-,19-13?. The van der Waals surface area contributed by atoms with Crippen LogP contribution in [0.4, 0.5) is 9.18 Å². The predicted octanol–water partition coefficient (Wildman–Crippen LogP) is 4.61. The predicted molar refractivity (Wildman–Crippen MR) is 98.5 cm³/mol. The Labute approximate surface area is 164 Å². The zero-order chi connectivity index (χ0) is 20.4. The molecule has 1 aromatic rings. The van der Waals surface area contributed by atoms with E-state index in [9.17, 15) is 22.7 Å². The van der Waals surface area contributed by atoms with Crippen LogP contribution in [0.15, 0.2) is 33.3 Å². The fraction of sp³-hybridized carbons (Fsp3) is 0.333. The van der Waals surface area contributed by atoms with E-state index in [1.807, 2.05) is 0 Å². The molecule has 0 spiro atoms. The molecule has 11 heteroatoms. The molecule has 0 bridgehead atoms. The molecule has 0 fully saturated rings. The normalized spacial score (nSPS) is 12.7. The number of aliphatic hydroxyl groups is 1. The number of aliphatic hydroxyl groups excluding tert-OH is 1. The summed E-state index contributed by atoms with van der Waals surface area (Å²) in [6.07, 6.45) is -0.724. The van der Waals surface area contributed by atoms with E-state index in [1.165, 1.54) is 27.7 Å². The third-order valence-electron chi connectivity index (χ3n) is 2.62. The number of rotatable bonds is 3. The Kier molecular flexibility index (Phi) is 6.83. The third kappa shape index (κ3) is 5.42. The summed E-state index contributed by atoms with van der Waals surface area (Å²) in [5.41, 5.74) is -1.08. The van der Waals surface area contributed by atoms with Gasteiger partial charge in [-0.15, -0.1) is 0 Å². The zero-order valence-electron chi connectivity index (χ0n) is 14.3. The van der Waals surface area contributed by atoms with Crippen LogP contribution in [0.3, 0.4) is 0 Å². The van der Waals surface area contributed by atoms with E-state index >= 15 is 0 Å². The van der Waals surface area contributed by atoms with Crippen molar-refractivity contribution in [2.75, 3.05) is 0 Å². The van der Waals surface area contributed by atoms with Crippen molar-refractivity contribution in [1.29, 1.82) is 5.41 Å². The minimum Gasteiger partial charge on any atom is -0.512 e. The van der Waals surface area contributed by atoms with Crippen LogP contribution in [0.1, 0.15) is 27.7 Å². The number of benzene rings is 1. The Balaban J connectivity index is 3.60. The second-order valence-electron chi connectivity index (χ2n) is 6.12. The van der Waals surface area contributed by atoms with E-state index in [0.29, 0.717) is 6.08 Å². The van der Waals surface area contributed by atoms with Gasteiger partial charge >= 0.3 is 6.09 Å². The number of nitrogens with one attached hydrogen (secondary N) is 1. The van der Waals surface area contributed by atoms with Crippen molar-refractivity contribution < 1.29 is 27.4 Å². The van der Waals surface area contributed by atoms with Gasteiger partial charge in [-0.3, -0.25) is 5.41 Å². The average molecular weight is 472 g/mol. The molecular formula is C15H17BrClFN2O5S. The minimum absolute atomic E-state index is 0.0549. The maximum Gasteiger partial charge on any atom is 0.430 e. The monoisotopic (exact) mass is 470 g/mol. The molecule has 1 rings (SSSR count). The molecule has 0 unspecified atom stereocenters. The number of amidine groups is 1. The Morgan fingerprint density at radius 2 is 1.96 bits per heavy atom. The first-order chi connectivity index (χ1) is 11.7. The van der Waals surface area contributed by atoms with Crippen LogP contribution in [0, 0.1) is 11.2 Å². The number of nitrogens with zero attached hydrogens (tertiary/aromatic N) is 1. The summed E-state index contributed by atoms with van der Waals surface area (Å²) in [5, 5.41) is 17.0. The van der Waals surface area contributed by atoms with Gasteiger partial charge in [0.15, 0.2) is 0 Å². The van der Waals surface area contributed by atoms with Crippen molar-refractivity contribution in [3.8, 4) is 0 Å². The maximum atomic E-state index is 14.2. The van der Waals surface area contributed by atoms with Crippen molar-refractivity contribution >= 4 is 49.5 Å². The van der Waals surface area contributed by atoms with Crippen LogP contribution >= 0.6 is 27.5 Å². The third-order valence-corrected chi connectivity index (χ3v) is 5.51. The molecule has 0 saturated heterocycles. The van der Waals surface area contributed by atoms with Crippen LogP contribution in [0.5, 0.6) is 0 Å². The highest BCUT2D eigenvalue weighted by Gasteiger charge is 2.38. The van der Waals surface area contributed by atoms with Crippen molar-refractivity contribution in [1.82, 2.24) is 4.31 Å². The summed E-state index contributed by atoms with van der Waals surface area (Å²) in [6, 6.07) is 1.62. The number of carbonyl (C=O) groups is 1. The summed E-state index contributed by atoms with van der Waals surface area (Å²) in [6.45, 7) is 5.64. The molecule has 144 valence electrons. The number of hydrogen-bond acceptors (Lipinski definition) is 6. The first-order valence-electron chi connectivity index (χ1n) is 7.05. The van der Waals surface area contributed by atoms with Gasteiger partial charge in [0.1, 0.15) is 22.1 Å². The summed E-state index contributed by atoms with van der Waals surface area (Å²) in [4.78, 5) is 11.4. The SMILES string of the molecule is C/C(O)=C/C(=N)N(C(=O)OC(C)(C)C)S(=O)(=O)c1cc(Cl)c(Br)cc1F. The Morgan fingerprint density at radius 1 is 1.42 bits per heavy atom. The van der Waals surface area contributed by atoms with Gasteiger partial charge in [-0.1, -0.05) is 11.6 Å². The zero-order valence-corrected chi connectivity index (χ0v) is 17.5. The van der Waals surface area contributed by atoms with Gasteiger partial charge in [-0.05, 0) is 55.8 Å². The van der Waals surface area contributed by atoms with Crippen LogP contribution in [0.2, 0.25) is 5.02 Å². The van der Waals surface area contributed by atoms with E-state index in [-0.39, 0.29) is 13.8 Å². The van der Waals surface area contributed by atoms with Crippen LogP contribution < -0.4 is 0 Å². The van der Waals surface area contributed by atoms with Crippen molar-refractivity contribution in [3.63, 3.8) is 0 Å². The van der Waals surface area contributed by atoms with Gasteiger partial charge in [-0.2, -0.15) is 4.31 Å². The van der Waals surface area contributed by atoms with E-state index in [0.717, 1.165) is 12.1 Å². The second kappa shape index (κ2) is 7.93. The Morgan fingerprint density at radius 3 is 2.42 bits per heavy atom. The molecule has 26 heavy (non-hydrogen) atoms. The van der Waals surface area contributed by atoms with Gasteiger partial charge in [0, 0.05) is 10.5 Å². The lowest BCUT2D eigenvalue weighted by Crippen LogP contribution is -2.44. The molecule has 0 atom stereocenters. The average Bonchev–Trinajstić information content (AvgIpc) is 2.39. The molecule has 0 aliphatic heterocycles. The van der Waals surface area contributed by atoms with Crippen LogP contribution in [-0.2, 0) is 14.8 Å². The maximum absolute atomic E-state index is 14.2. The number of ether oxygens (including phenoxy) is 1. The van der Waals surface area contributed by atoms with E-state index < -0.39 is 44.0 Å². The molecule has 0 radical (unpaired) electrons. The second-order valence-corrected chi connectivity index (χ2v) is 9.13. The van der Waals surface area contributed by atoms with Gasteiger partial charge in [0.05, 0.1) is 10.8 Å². The summed E-state index contributed by atoms with van der Waals surface area (Å²) >= 11 is 8.79. The highest BCUT2D eigenvalue weighted by molar-refractivity contribution is 9.10. The number of sulfonamides is 1. The fourth-order valence-corrected chi connectivity index (χ4v) is 3.54. The first kappa shape index (κ1) is 22.4. The largest absolute Gasteiger partial charge is 0.512 e. The van der Waals surface area contributed by atoms with Crippen molar-refractivity contribution in [2.45, 2.75) is 38.2 Å². The van der Waals surface area contributed by atoms with Gasteiger partial charge in [0.25, 0.3) is 10.0 Å². The molecule has 0 saturated carbocycles. The smallest absolute Gasteiger partial charge is 0.430 e. The highest BCUT2D eigenvalue weighted by atomic mass is 79.9. The summed E-state index contributed by atoms with van der Waals surface area (Å²) in [5.74, 6) is -2.56. The molecule has 0 heterocycles. The topological polar surface area (TPSA) is 108 Å². The number of allylic oxidation sites excluding steroid dienone is 1. The van der Waals surface area contributed by atoms with Gasteiger partial charge in [0.2, 0.25) is 0 Å². The van der Waals surface area contributed by atoms with E-state index in [4.69, 9.17) is 21.7 Å². The molecule has 1 aromatic carbocycles. The molecule has 0 aliphatic carbocycles.